The highest BCUT2D eigenvalue weighted by Gasteiger charge is 2.39. The van der Waals surface area contributed by atoms with E-state index in [0.29, 0.717) is 68.0 Å². The maximum atomic E-state index is 12.7. The minimum absolute atomic E-state index is 0.228. The lowest BCUT2D eigenvalue weighted by Crippen LogP contribution is -2.51. The molecule has 0 saturated carbocycles. The molecule has 0 N–H and O–H groups in total. The van der Waals surface area contributed by atoms with E-state index in [4.69, 9.17) is 9.47 Å². The van der Waals surface area contributed by atoms with E-state index in [-0.39, 0.29) is 6.67 Å². The monoisotopic (exact) mass is 448 g/mol. The Morgan fingerprint density at radius 3 is 2.28 bits per heavy atom. The van der Waals surface area contributed by atoms with Crippen LogP contribution in [0, 0.1) is 0 Å². The quantitative estimate of drug-likeness (QED) is 0.667. The van der Waals surface area contributed by atoms with Crippen LogP contribution in [-0.4, -0.2) is 67.6 Å². The van der Waals surface area contributed by atoms with E-state index in [9.17, 15) is 22.8 Å². The number of ether oxygens (including phenoxy) is 2. The number of aromatic nitrogens is 1. The van der Waals surface area contributed by atoms with Crippen molar-refractivity contribution in [3.05, 3.63) is 41.6 Å². The first-order valence-corrected chi connectivity index (χ1v) is 10.1. The van der Waals surface area contributed by atoms with Crippen LogP contribution in [0.25, 0.3) is 0 Å². The molecule has 1 saturated heterocycles. The van der Waals surface area contributed by atoms with Crippen LogP contribution in [0.15, 0.2) is 30.5 Å². The number of benzene rings is 1. The molecule has 1 fully saturated rings. The highest BCUT2D eigenvalue weighted by molar-refractivity contribution is 6.52. The number of anilines is 2. The zero-order valence-electron chi connectivity index (χ0n) is 16.9. The minimum Gasteiger partial charge on any atom is -0.486 e. The van der Waals surface area contributed by atoms with Crippen LogP contribution in [0.5, 0.6) is 11.5 Å². The van der Waals surface area contributed by atoms with E-state index < -0.39 is 23.4 Å². The molecule has 5 rings (SSSR count). The zero-order valence-corrected chi connectivity index (χ0v) is 16.9. The van der Waals surface area contributed by atoms with Gasteiger partial charge in [0, 0.05) is 38.4 Å². The summed E-state index contributed by atoms with van der Waals surface area (Å²) in [6, 6.07) is 5.60. The Labute approximate surface area is 181 Å². The lowest BCUT2D eigenvalue weighted by molar-refractivity contribution is -0.137. The molecule has 4 heterocycles. The van der Waals surface area contributed by atoms with Crippen molar-refractivity contribution in [1.82, 2.24) is 9.88 Å². The summed E-state index contributed by atoms with van der Waals surface area (Å²) in [5, 5.41) is 0. The Balaban J connectivity index is 1.26. The maximum Gasteiger partial charge on any atom is 0.417 e. The first kappa shape index (κ1) is 20.6. The van der Waals surface area contributed by atoms with Gasteiger partial charge >= 0.3 is 12.1 Å². The Morgan fingerprint density at radius 1 is 0.969 bits per heavy atom. The van der Waals surface area contributed by atoms with E-state index in [0.717, 1.165) is 12.3 Å². The van der Waals surface area contributed by atoms with Crippen molar-refractivity contribution in [2.75, 3.05) is 55.9 Å². The van der Waals surface area contributed by atoms with Gasteiger partial charge < -0.3 is 14.4 Å². The Kier molecular flexibility index (Phi) is 4.92. The van der Waals surface area contributed by atoms with Gasteiger partial charge in [-0.1, -0.05) is 0 Å². The molecule has 3 aliphatic rings. The van der Waals surface area contributed by atoms with Gasteiger partial charge in [-0.05, 0) is 18.2 Å². The SMILES string of the molecule is O=C1C(=O)N(CN2CCN(c3ccc(C(F)(F)F)cn3)CC2)c2cc3c(cc21)OCCO3. The molecular formula is C21H19F3N4O4. The van der Waals surface area contributed by atoms with Crippen molar-refractivity contribution in [2.24, 2.45) is 0 Å². The summed E-state index contributed by atoms with van der Waals surface area (Å²) in [6.45, 7) is 3.18. The second kappa shape index (κ2) is 7.66. The van der Waals surface area contributed by atoms with Gasteiger partial charge in [0.2, 0.25) is 0 Å². The fourth-order valence-electron chi connectivity index (χ4n) is 4.03. The van der Waals surface area contributed by atoms with Crippen molar-refractivity contribution in [3.8, 4) is 11.5 Å². The topological polar surface area (TPSA) is 75.2 Å². The van der Waals surface area contributed by atoms with Crippen LogP contribution >= 0.6 is 0 Å². The van der Waals surface area contributed by atoms with Crippen LogP contribution in [-0.2, 0) is 11.0 Å². The van der Waals surface area contributed by atoms with Gasteiger partial charge in [0.1, 0.15) is 19.0 Å². The van der Waals surface area contributed by atoms with Crippen molar-refractivity contribution >= 4 is 23.2 Å². The first-order valence-electron chi connectivity index (χ1n) is 10.1. The summed E-state index contributed by atoms with van der Waals surface area (Å²) in [5.41, 5.74) is 0.00950. The molecule has 0 aliphatic carbocycles. The van der Waals surface area contributed by atoms with Crippen molar-refractivity contribution in [3.63, 3.8) is 0 Å². The predicted molar refractivity (Wildman–Crippen MR) is 107 cm³/mol. The number of Topliss-reactive ketones (excluding diaryl/α,β-unsaturated/α-hetero) is 1. The average Bonchev–Trinajstić information content (AvgIpc) is 3.02. The number of rotatable bonds is 3. The summed E-state index contributed by atoms with van der Waals surface area (Å²) in [7, 11) is 0. The molecule has 0 radical (unpaired) electrons. The molecule has 0 unspecified atom stereocenters. The lowest BCUT2D eigenvalue weighted by atomic mass is 10.1. The summed E-state index contributed by atoms with van der Waals surface area (Å²) in [6.07, 6.45) is -3.59. The number of hydrogen-bond donors (Lipinski definition) is 0. The molecule has 32 heavy (non-hydrogen) atoms. The number of hydrogen-bond acceptors (Lipinski definition) is 7. The largest absolute Gasteiger partial charge is 0.486 e. The molecule has 1 amide bonds. The second-order valence-corrected chi connectivity index (χ2v) is 7.72. The van der Waals surface area contributed by atoms with E-state index in [2.05, 4.69) is 4.98 Å². The van der Waals surface area contributed by atoms with E-state index in [1.807, 2.05) is 9.80 Å². The summed E-state index contributed by atoms with van der Waals surface area (Å²) < 4.78 is 49.3. The summed E-state index contributed by atoms with van der Waals surface area (Å²) in [4.78, 5) is 34.4. The number of ketones is 1. The lowest BCUT2D eigenvalue weighted by Gasteiger charge is -2.37. The fraction of sp³-hybridized carbons (Fsp3) is 0.381. The van der Waals surface area contributed by atoms with Gasteiger partial charge in [-0.25, -0.2) is 4.98 Å². The average molecular weight is 448 g/mol. The van der Waals surface area contributed by atoms with Gasteiger partial charge in [-0.3, -0.25) is 19.4 Å². The number of piperazine rings is 1. The summed E-state index contributed by atoms with van der Waals surface area (Å²) >= 11 is 0. The molecule has 11 heteroatoms. The second-order valence-electron chi connectivity index (χ2n) is 7.72. The van der Waals surface area contributed by atoms with Gasteiger partial charge in [0.25, 0.3) is 5.78 Å². The highest BCUT2D eigenvalue weighted by atomic mass is 19.4. The van der Waals surface area contributed by atoms with Crippen molar-refractivity contribution in [2.45, 2.75) is 6.18 Å². The number of carbonyl (C=O) groups is 2. The number of amides is 1. The van der Waals surface area contributed by atoms with Gasteiger partial charge in [0.15, 0.2) is 11.5 Å². The Bertz CT molecular complexity index is 1070. The van der Waals surface area contributed by atoms with Gasteiger partial charge in [-0.2, -0.15) is 13.2 Å². The van der Waals surface area contributed by atoms with E-state index in [1.54, 1.807) is 12.1 Å². The molecule has 1 aromatic carbocycles. The number of alkyl halides is 3. The highest BCUT2D eigenvalue weighted by Crippen LogP contribution is 2.40. The number of fused-ring (bicyclic) bond motifs is 2. The van der Waals surface area contributed by atoms with Crippen LogP contribution < -0.4 is 19.3 Å². The molecule has 3 aliphatic heterocycles. The fourth-order valence-corrected chi connectivity index (χ4v) is 4.03. The molecule has 0 spiro atoms. The Morgan fingerprint density at radius 2 is 1.66 bits per heavy atom. The zero-order chi connectivity index (χ0) is 22.5. The maximum absolute atomic E-state index is 12.7. The summed E-state index contributed by atoms with van der Waals surface area (Å²) in [5.74, 6) is 0.245. The van der Waals surface area contributed by atoms with Crippen molar-refractivity contribution in [1.29, 1.82) is 0 Å². The van der Waals surface area contributed by atoms with Crippen LogP contribution in [0.3, 0.4) is 0 Å². The molecule has 2 aromatic rings. The predicted octanol–water partition coefficient (Wildman–Crippen LogP) is 2.18. The number of carbonyl (C=O) groups excluding carboxylic acids is 2. The number of nitrogens with zero attached hydrogens (tertiary/aromatic N) is 4. The third-order valence-corrected chi connectivity index (χ3v) is 5.75. The Hall–Kier alpha value is -3.34. The van der Waals surface area contributed by atoms with Gasteiger partial charge in [-0.15, -0.1) is 0 Å². The van der Waals surface area contributed by atoms with E-state index in [1.165, 1.54) is 11.0 Å². The van der Waals surface area contributed by atoms with E-state index >= 15 is 0 Å². The molecular weight excluding hydrogens is 429 g/mol. The van der Waals surface area contributed by atoms with Crippen LogP contribution in [0.2, 0.25) is 0 Å². The smallest absolute Gasteiger partial charge is 0.417 e. The molecule has 8 nitrogen and oxygen atoms in total. The van der Waals surface area contributed by atoms with Crippen molar-refractivity contribution < 1.29 is 32.2 Å². The molecule has 0 bridgehead atoms. The molecule has 0 atom stereocenters. The number of pyridine rings is 1. The minimum atomic E-state index is -4.42. The third kappa shape index (κ3) is 3.62. The number of halogens is 3. The molecule has 168 valence electrons. The van der Waals surface area contributed by atoms with Gasteiger partial charge in [0.05, 0.1) is 23.5 Å². The van der Waals surface area contributed by atoms with Crippen LogP contribution in [0.4, 0.5) is 24.7 Å². The normalized spacial score (nSPS) is 18.8. The first-order chi connectivity index (χ1) is 15.3. The molecule has 1 aromatic heterocycles. The third-order valence-electron chi connectivity index (χ3n) is 5.75. The standard InChI is InChI=1S/C21H19F3N4O4/c22-21(23,24)13-1-2-18(25-11-13)27-5-3-26(4-6-27)12-28-15-10-17-16(31-7-8-32-17)9-14(15)19(29)20(28)30/h1-2,9-11H,3-8,12H2. The van der Waals surface area contributed by atoms with Crippen LogP contribution in [0.1, 0.15) is 15.9 Å².